The molecule has 2 aliphatic rings. The number of sulfone groups is 2. The zero-order chi connectivity index (χ0) is 37.1. The molecular weight excluding hydrogens is 677 g/mol. The highest BCUT2D eigenvalue weighted by Gasteiger charge is 2.47. The Bertz CT molecular complexity index is 1650. The van der Waals surface area contributed by atoms with Gasteiger partial charge in [0.05, 0.1) is 22.4 Å². The first-order chi connectivity index (χ1) is 22.4. The van der Waals surface area contributed by atoms with Crippen LogP contribution in [0.4, 0.5) is 11.8 Å². The molecule has 2 amide bonds. The number of carbonyl (C=O) groups is 2. The second-order valence-corrected chi connectivity index (χ2v) is 21.1. The van der Waals surface area contributed by atoms with Crippen molar-refractivity contribution < 1.29 is 44.9 Å². The lowest BCUT2D eigenvalue weighted by molar-refractivity contribution is -0.118. The Morgan fingerprint density at radius 2 is 1.06 bits per heavy atom. The first-order valence-electron chi connectivity index (χ1n) is 16.6. The fourth-order valence-electron chi connectivity index (χ4n) is 5.01. The molecule has 2 aliphatic heterocycles. The van der Waals surface area contributed by atoms with E-state index >= 15 is 0 Å². The van der Waals surface area contributed by atoms with Crippen molar-refractivity contribution in [3.8, 4) is 0 Å². The van der Waals surface area contributed by atoms with E-state index in [1.807, 2.05) is 41.5 Å². The fraction of sp³-hybridized carbons (Fsp3) is 0.758. The van der Waals surface area contributed by atoms with Crippen LogP contribution in [-0.2, 0) is 49.6 Å². The van der Waals surface area contributed by atoms with Crippen molar-refractivity contribution in [2.75, 3.05) is 42.8 Å². The molecule has 16 heteroatoms. The third-order valence-electron chi connectivity index (χ3n) is 9.02. The van der Waals surface area contributed by atoms with E-state index in [1.165, 1.54) is 27.7 Å². The normalized spacial score (nSPS) is 17.6. The Morgan fingerprint density at radius 1 is 0.673 bits per heavy atom. The first-order valence-corrected chi connectivity index (χ1v) is 19.8. The Labute approximate surface area is 290 Å². The molecule has 0 atom stereocenters. The van der Waals surface area contributed by atoms with Gasteiger partial charge in [-0.2, -0.15) is 0 Å². The molecule has 4 heterocycles. The second kappa shape index (κ2) is 15.2. The maximum Gasteiger partial charge on any atom is 0.247 e. The van der Waals surface area contributed by atoms with E-state index < -0.39 is 46.2 Å². The zero-order valence-corrected chi connectivity index (χ0v) is 32.1. The van der Waals surface area contributed by atoms with Crippen LogP contribution in [-0.4, -0.2) is 85.9 Å². The number of carbonyl (C=O) groups excluding carboxylic acids is 2. The van der Waals surface area contributed by atoms with Gasteiger partial charge in [-0.1, -0.05) is 51.9 Å². The van der Waals surface area contributed by atoms with Gasteiger partial charge in [0, 0.05) is 49.4 Å². The van der Waals surface area contributed by atoms with E-state index in [1.54, 1.807) is 12.1 Å². The number of hydrogen-bond donors (Lipinski definition) is 2. The standard InChI is InChI=1S/C17H28N2O5S.C16H26N2O5S/c1-16(2,3)13-10-14(24-19-13)18-15(20)17(4,5)25(21,22)11-12-6-8-23-9-7-12;1-15(2,3)12-10-13(23-18-12)17-14(19)16(4,5)24(20,21)11-6-8-22-9-7-11/h10,12H,6-9,11H2,1-5H3,(H,18,20);10-11H,6-9H2,1-5H3,(H,17,19). The van der Waals surface area contributed by atoms with Crippen LogP contribution in [0.25, 0.3) is 0 Å². The molecular formula is C33H54N4O10S2. The molecule has 2 aromatic heterocycles. The van der Waals surface area contributed by atoms with Gasteiger partial charge in [-0.05, 0) is 59.3 Å². The molecule has 0 unspecified atom stereocenters. The number of ether oxygens (including phenoxy) is 2. The molecule has 0 aromatic carbocycles. The van der Waals surface area contributed by atoms with Gasteiger partial charge >= 0.3 is 0 Å². The monoisotopic (exact) mass is 730 g/mol. The molecule has 49 heavy (non-hydrogen) atoms. The van der Waals surface area contributed by atoms with Crippen molar-refractivity contribution in [1.82, 2.24) is 10.3 Å². The SMILES string of the molecule is CC(C)(C)c1cc(NC(=O)C(C)(C)S(=O)(=O)C2CCOCC2)on1.CC(C)(C)c1cc(NC(=O)C(C)(C)S(=O)(=O)CC2CCOCC2)on1. The summed E-state index contributed by atoms with van der Waals surface area (Å²) in [5.41, 5.74) is 0.918. The minimum atomic E-state index is -3.66. The number of anilines is 2. The summed E-state index contributed by atoms with van der Waals surface area (Å²) in [6, 6.07) is 3.24. The van der Waals surface area contributed by atoms with Crippen molar-refractivity contribution in [2.24, 2.45) is 5.92 Å². The summed E-state index contributed by atoms with van der Waals surface area (Å²) in [5.74, 6) is -0.907. The minimum absolute atomic E-state index is 0.0135. The summed E-state index contributed by atoms with van der Waals surface area (Å²) >= 11 is 0. The molecule has 0 aliphatic carbocycles. The van der Waals surface area contributed by atoms with E-state index in [-0.39, 0.29) is 34.3 Å². The number of nitrogens with one attached hydrogen (secondary N) is 2. The third kappa shape index (κ3) is 9.91. The summed E-state index contributed by atoms with van der Waals surface area (Å²) in [4.78, 5) is 25.2. The number of hydrogen-bond acceptors (Lipinski definition) is 12. The molecule has 2 N–H and O–H groups in total. The Kier molecular flexibility index (Phi) is 12.6. The van der Waals surface area contributed by atoms with E-state index in [0.717, 1.165) is 0 Å². The summed E-state index contributed by atoms with van der Waals surface area (Å²) in [7, 11) is -7.29. The number of amides is 2. The predicted octanol–water partition coefficient (Wildman–Crippen LogP) is 4.81. The molecule has 4 rings (SSSR count). The molecule has 2 aromatic rings. The average molecular weight is 731 g/mol. The van der Waals surface area contributed by atoms with Crippen LogP contribution in [0.3, 0.4) is 0 Å². The maximum absolute atomic E-state index is 12.8. The van der Waals surface area contributed by atoms with Crippen LogP contribution in [0.2, 0.25) is 0 Å². The Hall–Kier alpha value is -2.82. The molecule has 0 saturated carbocycles. The molecule has 0 bridgehead atoms. The van der Waals surface area contributed by atoms with Crippen LogP contribution in [0.5, 0.6) is 0 Å². The van der Waals surface area contributed by atoms with E-state index in [0.29, 0.717) is 63.5 Å². The highest BCUT2D eigenvalue weighted by molar-refractivity contribution is 7.94. The molecule has 2 saturated heterocycles. The highest BCUT2D eigenvalue weighted by Crippen LogP contribution is 2.31. The number of nitrogens with zero attached hydrogens (tertiary/aromatic N) is 2. The lowest BCUT2D eigenvalue weighted by Crippen LogP contribution is -2.50. The number of aromatic nitrogens is 2. The Balaban J connectivity index is 0.000000266. The molecule has 0 spiro atoms. The van der Waals surface area contributed by atoms with Crippen molar-refractivity contribution in [3.05, 3.63) is 23.5 Å². The molecule has 2 fully saturated rings. The summed E-state index contributed by atoms with van der Waals surface area (Å²) in [6.07, 6.45) is 2.23. The van der Waals surface area contributed by atoms with Gasteiger partial charge < -0.3 is 18.5 Å². The quantitative estimate of drug-likeness (QED) is 0.358. The largest absolute Gasteiger partial charge is 0.381 e. The number of rotatable bonds is 9. The summed E-state index contributed by atoms with van der Waals surface area (Å²) in [5, 5.41) is 12.4. The van der Waals surface area contributed by atoms with Crippen LogP contribution in [0.1, 0.15) is 106 Å². The van der Waals surface area contributed by atoms with Crippen LogP contribution in [0, 0.1) is 5.92 Å². The first kappa shape index (κ1) is 40.6. The van der Waals surface area contributed by atoms with Crippen LogP contribution in [0.15, 0.2) is 21.2 Å². The predicted molar refractivity (Wildman–Crippen MR) is 186 cm³/mol. The molecule has 14 nitrogen and oxygen atoms in total. The lowest BCUT2D eigenvalue weighted by atomic mass is 9.92. The minimum Gasteiger partial charge on any atom is -0.381 e. The van der Waals surface area contributed by atoms with Crippen molar-refractivity contribution in [1.29, 1.82) is 0 Å². The maximum atomic E-state index is 12.8. The Morgan fingerprint density at radius 3 is 1.45 bits per heavy atom. The van der Waals surface area contributed by atoms with Gasteiger partial charge in [0.1, 0.15) is 9.49 Å². The van der Waals surface area contributed by atoms with Gasteiger partial charge in [-0.15, -0.1) is 0 Å². The smallest absolute Gasteiger partial charge is 0.247 e. The molecule has 278 valence electrons. The third-order valence-corrected chi connectivity index (χ3v) is 14.6. The van der Waals surface area contributed by atoms with Gasteiger partial charge in [0.25, 0.3) is 0 Å². The molecule has 0 radical (unpaired) electrons. The summed E-state index contributed by atoms with van der Waals surface area (Å²) < 4.78 is 68.8. The van der Waals surface area contributed by atoms with E-state index in [9.17, 15) is 26.4 Å². The lowest BCUT2D eigenvalue weighted by Gasteiger charge is -2.30. The van der Waals surface area contributed by atoms with Gasteiger partial charge in [0.2, 0.25) is 23.6 Å². The van der Waals surface area contributed by atoms with Crippen LogP contribution < -0.4 is 10.6 Å². The van der Waals surface area contributed by atoms with Crippen molar-refractivity contribution >= 4 is 43.3 Å². The van der Waals surface area contributed by atoms with Crippen molar-refractivity contribution in [2.45, 2.75) is 120 Å². The summed E-state index contributed by atoms with van der Waals surface area (Å²) in [6.45, 7) is 19.5. The zero-order valence-electron chi connectivity index (χ0n) is 30.5. The van der Waals surface area contributed by atoms with Gasteiger partial charge in [-0.3, -0.25) is 20.2 Å². The fourth-order valence-corrected chi connectivity index (χ4v) is 8.66. The topological polar surface area (TPSA) is 197 Å². The average Bonchev–Trinajstić information content (AvgIpc) is 3.68. The highest BCUT2D eigenvalue weighted by atomic mass is 32.2. The van der Waals surface area contributed by atoms with E-state index in [4.69, 9.17) is 18.5 Å². The van der Waals surface area contributed by atoms with Gasteiger partial charge in [-0.25, -0.2) is 16.8 Å². The second-order valence-electron chi connectivity index (χ2n) is 15.8. The van der Waals surface area contributed by atoms with E-state index in [2.05, 4.69) is 20.9 Å². The van der Waals surface area contributed by atoms with Crippen molar-refractivity contribution in [3.63, 3.8) is 0 Å². The van der Waals surface area contributed by atoms with Gasteiger partial charge in [0.15, 0.2) is 19.7 Å². The van der Waals surface area contributed by atoms with Crippen LogP contribution >= 0.6 is 0 Å².